The SMILES string of the molecule is CCOCCOCCC(=O)NCCCC[C@H]1NC(=O)[C@@H](CCCN=C(N)N)NC(=O)CNC(=O)[C@@H](CC(=O)O)CC(=O)[C@H](Cc2ccccc2)CC1=O. The lowest BCUT2D eigenvalue weighted by molar-refractivity contribution is -0.142. The minimum atomic E-state index is -1.31. The van der Waals surface area contributed by atoms with E-state index in [2.05, 4.69) is 26.3 Å². The van der Waals surface area contributed by atoms with Crippen molar-refractivity contribution in [2.24, 2.45) is 28.3 Å². The fraction of sp³-hybridized carbons (Fsp3) is 0.611. The van der Waals surface area contributed by atoms with E-state index in [0.29, 0.717) is 39.2 Å². The van der Waals surface area contributed by atoms with Crippen LogP contribution in [0.5, 0.6) is 0 Å². The molecule has 4 atom stereocenters. The summed E-state index contributed by atoms with van der Waals surface area (Å²) in [5.41, 5.74) is 11.6. The zero-order valence-corrected chi connectivity index (χ0v) is 30.4. The lowest BCUT2D eigenvalue weighted by Crippen LogP contribution is -2.53. The van der Waals surface area contributed by atoms with Gasteiger partial charge in [0.15, 0.2) is 11.7 Å². The zero-order chi connectivity index (χ0) is 39.0. The van der Waals surface area contributed by atoms with Gasteiger partial charge < -0.3 is 47.3 Å². The summed E-state index contributed by atoms with van der Waals surface area (Å²) in [5, 5.41) is 20.0. The molecule has 1 fully saturated rings. The molecule has 1 aromatic rings. The number of Topliss-reactive ketones (excluding diaryl/α,β-unsaturated/α-hetero) is 2. The number of aliphatic imine (C=N–C) groups is 1. The molecule has 0 saturated carbocycles. The number of benzene rings is 1. The minimum absolute atomic E-state index is 0.0847. The predicted octanol–water partition coefficient (Wildman–Crippen LogP) is -0.263. The molecule has 1 aliphatic heterocycles. The normalized spacial score (nSPS) is 20.3. The van der Waals surface area contributed by atoms with E-state index in [1.165, 1.54) is 0 Å². The summed E-state index contributed by atoms with van der Waals surface area (Å²) >= 11 is 0. The molecule has 294 valence electrons. The van der Waals surface area contributed by atoms with Gasteiger partial charge in [-0.25, -0.2) is 0 Å². The van der Waals surface area contributed by atoms with Crippen LogP contribution in [0.1, 0.15) is 70.3 Å². The molecule has 1 aliphatic rings. The van der Waals surface area contributed by atoms with E-state index in [-0.39, 0.29) is 63.5 Å². The maximum atomic E-state index is 14.0. The Bertz CT molecular complexity index is 1390. The van der Waals surface area contributed by atoms with Crippen molar-refractivity contribution in [2.75, 3.05) is 46.1 Å². The zero-order valence-electron chi connectivity index (χ0n) is 30.4. The van der Waals surface area contributed by atoms with Crippen LogP contribution in [0.4, 0.5) is 0 Å². The summed E-state index contributed by atoms with van der Waals surface area (Å²) < 4.78 is 10.6. The predicted molar refractivity (Wildman–Crippen MR) is 194 cm³/mol. The molecule has 1 saturated heterocycles. The maximum Gasteiger partial charge on any atom is 0.304 e. The second-order valence-electron chi connectivity index (χ2n) is 12.8. The van der Waals surface area contributed by atoms with E-state index in [9.17, 15) is 38.7 Å². The highest BCUT2D eigenvalue weighted by Crippen LogP contribution is 2.22. The van der Waals surface area contributed by atoms with Gasteiger partial charge >= 0.3 is 5.97 Å². The van der Waals surface area contributed by atoms with Gasteiger partial charge in [-0.1, -0.05) is 30.3 Å². The minimum Gasteiger partial charge on any atom is -0.481 e. The number of amides is 4. The fourth-order valence-electron chi connectivity index (χ4n) is 5.70. The number of hydrogen-bond acceptors (Lipinski definition) is 10. The van der Waals surface area contributed by atoms with E-state index < -0.39 is 78.6 Å². The molecule has 0 spiro atoms. The summed E-state index contributed by atoms with van der Waals surface area (Å²) in [5.74, 6) is -7.03. The Morgan fingerprint density at radius 2 is 1.57 bits per heavy atom. The fourth-order valence-corrected chi connectivity index (χ4v) is 5.70. The van der Waals surface area contributed by atoms with Crippen molar-refractivity contribution in [3.05, 3.63) is 35.9 Å². The Hall–Kier alpha value is -4.90. The van der Waals surface area contributed by atoms with E-state index in [0.717, 1.165) is 5.56 Å². The highest BCUT2D eigenvalue weighted by atomic mass is 16.5. The van der Waals surface area contributed by atoms with Gasteiger partial charge in [-0.3, -0.25) is 38.6 Å². The van der Waals surface area contributed by atoms with Crippen LogP contribution >= 0.6 is 0 Å². The number of nitrogens with one attached hydrogen (secondary N) is 4. The van der Waals surface area contributed by atoms with Crippen molar-refractivity contribution >= 4 is 47.1 Å². The van der Waals surface area contributed by atoms with Gasteiger partial charge in [0.25, 0.3) is 0 Å². The molecular formula is C36H55N7O10. The third kappa shape index (κ3) is 19.0. The van der Waals surface area contributed by atoms with Crippen LogP contribution in [0, 0.1) is 11.8 Å². The number of ketones is 2. The molecule has 0 bridgehead atoms. The number of rotatable bonds is 20. The van der Waals surface area contributed by atoms with Gasteiger partial charge in [-0.05, 0) is 51.0 Å². The Morgan fingerprint density at radius 1 is 0.868 bits per heavy atom. The van der Waals surface area contributed by atoms with E-state index in [4.69, 9.17) is 20.9 Å². The van der Waals surface area contributed by atoms with Crippen molar-refractivity contribution in [3.8, 4) is 0 Å². The van der Waals surface area contributed by atoms with Crippen LogP contribution in [0.2, 0.25) is 0 Å². The number of unbranched alkanes of at least 4 members (excludes halogenated alkanes) is 1. The third-order valence-electron chi connectivity index (χ3n) is 8.48. The smallest absolute Gasteiger partial charge is 0.304 e. The van der Waals surface area contributed by atoms with Gasteiger partial charge in [0.05, 0.1) is 44.7 Å². The first-order valence-corrected chi connectivity index (χ1v) is 18.1. The number of ether oxygens (including phenoxy) is 2. The molecule has 1 aromatic carbocycles. The van der Waals surface area contributed by atoms with Crippen LogP contribution in [0.15, 0.2) is 35.3 Å². The molecule has 0 unspecified atom stereocenters. The Kier molecular flexibility index (Phi) is 21.0. The Balaban J connectivity index is 2.28. The highest BCUT2D eigenvalue weighted by Gasteiger charge is 2.33. The number of aliphatic carboxylic acids is 1. The number of hydrogen-bond donors (Lipinski definition) is 7. The van der Waals surface area contributed by atoms with Crippen molar-refractivity contribution in [1.82, 2.24) is 21.3 Å². The summed E-state index contributed by atoms with van der Waals surface area (Å²) in [7, 11) is 0. The molecule has 4 amide bonds. The highest BCUT2D eigenvalue weighted by molar-refractivity contribution is 5.97. The lowest BCUT2D eigenvalue weighted by Gasteiger charge is -2.24. The molecule has 9 N–H and O–H groups in total. The first-order valence-electron chi connectivity index (χ1n) is 18.1. The Labute approximate surface area is 309 Å². The van der Waals surface area contributed by atoms with Crippen molar-refractivity contribution < 1.29 is 48.1 Å². The number of guanidine groups is 1. The van der Waals surface area contributed by atoms with Gasteiger partial charge in [0, 0.05) is 44.9 Å². The summed E-state index contributed by atoms with van der Waals surface area (Å²) in [6, 6.07) is 6.75. The first-order chi connectivity index (χ1) is 25.4. The molecule has 0 radical (unpaired) electrons. The molecule has 17 nitrogen and oxygen atoms in total. The van der Waals surface area contributed by atoms with E-state index in [1.54, 1.807) is 30.3 Å². The average Bonchev–Trinajstić information content (AvgIpc) is 3.11. The number of carbonyl (C=O) groups is 7. The average molecular weight is 746 g/mol. The quantitative estimate of drug-likeness (QED) is 0.0517. The molecular weight excluding hydrogens is 690 g/mol. The van der Waals surface area contributed by atoms with Gasteiger partial charge in [-0.2, -0.15) is 0 Å². The number of carbonyl (C=O) groups excluding carboxylic acids is 6. The summed E-state index contributed by atoms with van der Waals surface area (Å²) in [6.07, 6.45) is 0.323. The number of nitrogens with zero attached hydrogens (tertiary/aromatic N) is 1. The van der Waals surface area contributed by atoms with Crippen LogP contribution in [0.25, 0.3) is 0 Å². The van der Waals surface area contributed by atoms with E-state index >= 15 is 0 Å². The van der Waals surface area contributed by atoms with Crippen molar-refractivity contribution in [2.45, 2.75) is 83.2 Å². The van der Waals surface area contributed by atoms with Crippen LogP contribution in [0.3, 0.4) is 0 Å². The largest absolute Gasteiger partial charge is 0.481 e. The first kappa shape index (κ1) is 44.3. The second-order valence-corrected chi connectivity index (χ2v) is 12.8. The monoisotopic (exact) mass is 745 g/mol. The van der Waals surface area contributed by atoms with Crippen molar-refractivity contribution in [1.29, 1.82) is 0 Å². The van der Waals surface area contributed by atoms with Gasteiger partial charge in [0.1, 0.15) is 11.8 Å². The van der Waals surface area contributed by atoms with Gasteiger partial charge in [0.2, 0.25) is 23.6 Å². The molecule has 0 aliphatic carbocycles. The standard InChI is InChI=1S/C36H55N7O10/c1-2-52-17-18-53-16-13-31(46)39-14-7-6-11-27-30(45)20-25(19-24-9-4-3-5-10-24)29(44)21-26(22-33(48)49)34(50)41-23-32(47)42-28(35(51)43-27)12-8-15-40-36(37)38/h3-5,9-10,25-28H,2,6-8,11-23H2,1H3,(H,39,46)(H,41,50)(H,42,47)(H,43,51)(H,48,49)(H4,37,38,40)/t25-,26-,27-,28-/m1/s1. The third-order valence-corrected chi connectivity index (χ3v) is 8.48. The number of carboxylic acid groups (broad SMARTS) is 1. The number of carboxylic acids is 1. The van der Waals surface area contributed by atoms with Gasteiger partial charge in [-0.15, -0.1) is 0 Å². The van der Waals surface area contributed by atoms with E-state index in [1.807, 2.05) is 6.92 Å². The maximum absolute atomic E-state index is 14.0. The van der Waals surface area contributed by atoms with Crippen LogP contribution in [-0.2, 0) is 49.5 Å². The topological polar surface area (TPSA) is 271 Å². The van der Waals surface area contributed by atoms with Crippen molar-refractivity contribution in [3.63, 3.8) is 0 Å². The summed E-state index contributed by atoms with van der Waals surface area (Å²) in [6.45, 7) is 3.44. The molecule has 0 aromatic heterocycles. The van der Waals surface area contributed by atoms with Crippen LogP contribution in [-0.4, -0.2) is 110 Å². The Morgan fingerprint density at radius 3 is 2.26 bits per heavy atom. The lowest BCUT2D eigenvalue weighted by atomic mass is 9.83. The second kappa shape index (κ2) is 25.1. The molecule has 1 heterocycles. The molecule has 53 heavy (non-hydrogen) atoms. The molecule has 17 heteroatoms. The molecule has 2 rings (SSSR count). The number of nitrogens with two attached hydrogens (primary N) is 2. The summed E-state index contributed by atoms with van der Waals surface area (Å²) in [4.78, 5) is 95.2. The van der Waals surface area contributed by atoms with Crippen LogP contribution < -0.4 is 32.7 Å².